The van der Waals surface area contributed by atoms with E-state index in [4.69, 9.17) is 0 Å². The van der Waals surface area contributed by atoms with Gasteiger partial charge in [0.2, 0.25) is 17.7 Å². The van der Waals surface area contributed by atoms with Gasteiger partial charge in [0.25, 0.3) is 0 Å². The van der Waals surface area contributed by atoms with Crippen molar-refractivity contribution in [1.82, 2.24) is 4.90 Å². The highest BCUT2D eigenvalue weighted by molar-refractivity contribution is 6.14. The number of nitrogens with zero attached hydrogens (tertiary/aromatic N) is 1. The summed E-state index contributed by atoms with van der Waals surface area (Å²) in [4.78, 5) is 34.5. The van der Waals surface area contributed by atoms with Crippen LogP contribution >= 0.6 is 0 Å². The largest absolute Gasteiger partial charge is 0.274 e. The Morgan fingerprint density at radius 2 is 1.04 bits per heavy atom. The van der Waals surface area contributed by atoms with Gasteiger partial charge >= 0.3 is 0 Å². The van der Waals surface area contributed by atoms with Crippen LogP contribution in [0.1, 0.15) is 126 Å². The summed E-state index contributed by atoms with van der Waals surface area (Å²) in [6.07, 6.45) is 11.6. The predicted octanol–water partition coefficient (Wildman–Crippen LogP) is 7.46. The lowest BCUT2D eigenvalue weighted by atomic mass is 10.2. The number of rotatable bonds is 8. The van der Waals surface area contributed by atoms with E-state index < -0.39 is 0 Å². The zero-order chi connectivity index (χ0) is 22.8. The molecule has 1 fully saturated rings. The molecule has 1 rings (SSSR count). The molecule has 28 heavy (non-hydrogen) atoms. The molecule has 0 radical (unpaired) electrons. The third kappa shape index (κ3) is 22.6. The molecule has 0 aromatic carbocycles. The molecule has 0 bridgehead atoms. The first-order valence-corrected chi connectivity index (χ1v) is 11.4. The van der Waals surface area contributed by atoms with Crippen LogP contribution in [0.3, 0.4) is 0 Å². The summed E-state index contributed by atoms with van der Waals surface area (Å²) in [5, 5.41) is 0. The highest BCUT2D eigenvalue weighted by atomic mass is 16.2. The van der Waals surface area contributed by atoms with E-state index in [2.05, 4.69) is 40.9 Å². The van der Waals surface area contributed by atoms with Crippen LogP contribution in [0.5, 0.6) is 0 Å². The smallest absolute Gasteiger partial charge is 0.236 e. The van der Waals surface area contributed by atoms with E-state index in [0.29, 0.717) is 6.42 Å². The van der Waals surface area contributed by atoms with Crippen molar-refractivity contribution in [3.8, 4) is 0 Å². The van der Waals surface area contributed by atoms with Gasteiger partial charge in [0.15, 0.2) is 0 Å². The second kappa shape index (κ2) is 30.3. The molecule has 168 valence electrons. The Bertz CT molecular complexity index is 328. The van der Waals surface area contributed by atoms with Crippen molar-refractivity contribution in [3.63, 3.8) is 0 Å². The van der Waals surface area contributed by atoms with Gasteiger partial charge in [0, 0.05) is 19.3 Å². The fraction of sp³-hybridized carbons (Fsp3) is 0.792. The van der Waals surface area contributed by atoms with Crippen molar-refractivity contribution in [2.45, 2.75) is 126 Å². The summed E-state index contributed by atoms with van der Waals surface area (Å²) in [6.45, 7) is 20.9. The van der Waals surface area contributed by atoms with Crippen LogP contribution in [0.25, 0.3) is 0 Å². The third-order valence-electron chi connectivity index (χ3n) is 3.71. The Morgan fingerprint density at radius 3 is 1.29 bits per heavy atom. The number of hydrogen-bond donors (Lipinski definition) is 0. The van der Waals surface area contributed by atoms with Gasteiger partial charge in [-0.3, -0.25) is 14.4 Å². The van der Waals surface area contributed by atoms with Crippen LogP contribution in [0.2, 0.25) is 0 Å². The number of unbranched alkanes of at least 4 members (excludes halogenated alkanes) is 6. The van der Waals surface area contributed by atoms with E-state index in [9.17, 15) is 14.4 Å². The topological polar surface area (TPSA) is 54.5 Å². The molecule has 3 amide bonds. The Balaban J connectivity index is -0.000000171. The van der Waals surface area contributed by atoms with E-state index in [1.165, 1.54) is 38.5 Å². The second-order valence-electron chi connectivity index (χ2n) is 6.18. The first-order chi connectivity index (χ1) is 13.5. The van der Waals surface area contributed by atoms with E-state index in [1.807, 2.05) is 20.8 Å². The second-order valence-corrected chi connectivity index (χ2v) is 6.18. The molecule has 1 saturated heterocycles. The van der Waals surface area contributed by atoms with E-state index in [1.54, 1.807) is 0 Å². The number of likely N-dealkylation sites (tertiary alicyclic amines) is 1. The molecular formula is C24H49NO3. The van der Waals surface area contributed by atoms with Crippen molar-refractivity contribution >= 4 is 17.7 Å². The van der Waals surface area contributed by atoms with Gasteiger partial charge in [-0.1, -0.05) is 99.8 Å². The Labute approximate surface area is 176 Å². The van der Waals surface area contributed by atoms with Crippen LogP contribution in [0, 0.1) is 0 Å². The molecular weight excluding hydrogens is 350 g/mol. The third-order valence-corrected chi connectivity index (χ3v) is 3.71. The first kappa shape index (κ1) is 34.1. The highest BCUT2D eigenvalue weighted by Crippen LogP contribution is 2.14. The fourth-order valence-electron chi connectivity index (χ4n) is 2.20. The predicted molar refractivity (Wildman–Crippen MR) is 123 cm³/mol. The van der Waals surface area contributed by atoms with Crippen LogP contribution in [-0.4, -0.2) is 22.6 Å². The van der Waals surface area contributed by atoms with E-state index >= 15 is 0 Å². The number of imide groups is 3. The molecule has 0 spiro atoms. The molecule has 4 nitrogen and oxygen atoms in total. The lowest BCUT2D eigenvalue weighted by Gasteiger charge is -2.10. The van der Waals surface area contributed by atoms with Crippen LogP contribution in [0.15, 0.2) is 13.2 Å². The summed E-state index contributed by atoms with van der Waals surface area (Å²) in [7, 11) is 0. The zero-order valence-corrected chi connectivity index (χ0v) is 20.1. The summed E-state index contributed by atoms with van der Waals surface area (Å²) < 4.78 is 0. The summed E-state index contributed by atoms with van der Waals surface area (Å²) >= 11 is 0. The van der Waals surface area contributed by atoms with Gasteiger partial charge in [-0.2, -0.15) is 0 Å². The van der Waals surface area contributed by atoms with Gasteiger partial charge < -0.3 is 0 Å². The van der Waals surface area contributed by atoms with Crippen molar-refractivity contribution in [2.75, 3.05) is 0 Å². The summed E-state index contributed by atoms with van der Waals surface area (Å²) in [5.41, 5.74) is 0. The van der Waals surface area contributed by atoms with Gasteiger partial charge in [0.1, 0.15) is 0 Å². The normalized spacial score (nSPS) is 11.6. The molecule has 0 aromatic heterocycles. The Morgan fingerprint density at radius 1 is 0.714 bits per heavy atom. The van der Waals surface area contributed by atoms with Crippen molar-refractivity contribution < 1.29 is 14.4 Å². The number of carbonyl (C=O) groups excluding carboxylic acids is 3. The Hall–Kier alpha value is -1.45. The van der Waals surface area contributed by atoms with Crippen LogP contribution in [0.4, 0.5) is 0 Å². The maximum atomic E-state index is 11.4. The number of carbonyl (C=O) groups is 3. The molecule has 1 aliphatic rings. The molecule has 1 aliphatic heterocycles. The van der Waals surface area contributed by atoms with Crippen molar-refractivity contribution in [1.29, 1.82) is 0 Å². The van der Waals surface area contributed by atoms with Gasteiger partial charge in [-0.15, -0.1) is 13.2 Å². The highest BCUT2D eigenvalue weighted by Gasteiger charge is 2.33. The average Bonchev–Trinajstić information content (AvgIpc) is 3.06. The standard InChI is InChI=1S/C10H15NO3.2C5H12.C2H6.C2H4/c1-2-3-4-5-8(12)11-9(13)6-7-10(11)14;2*1-3-5-4-2;2*1-2/h2-7H2,1H3;2*3-5H2,1-2H3;1-2H3;1-2H2. The molecule has 0 aromatic rings. The summed E-state index contributed by atoms with van der Waals surface area (Å²) in [5.74, 6) is -1.00. The lowest BCUT2D eigenvalue weighted by Crippen LogP contribution is -2.35. The fourth-order valence-corrected chi connectivity index (χ4v) is 2.20. The molecule has 0 atom stereocenters. The molecule has 0 unspecified atom stereocenters. The van der Waals surface area contributed by atoms with E-state index in [-0.39, 0.29) is 30.6 Å². The lowest BCUT2D eigenvalue weighted by molar-refractivity contribution is -0.149. The molecule has 4 heteroatoms. The monoisotopic (exact) mass is 399 g/mol. The van der Waals surface area contributed by atoms with E-state index in [0.717, 1.165) is 24.2 Å². The maximum Gasteiger partial charge on any atom is 0.236 e. The SMILES string of the molecule is C=C.CC.CCCCC.CCCCC.CCCCCC(=O)N1C(=O)CCC1=O. The number of hydrogen-bond acceptors (Lipinski definition) is 3. The van der Waals surface area contributed by atoms with Crippen molar-refractivity contribution in [3.05, 3.63) is 13.2 Å². The molecule has 1 heterocycles. The summed E-state index contributed by atoms with van der Waals surface area (Å²) in [6, 6.07) is 0. The van der Waals surface area contributed by atoms with Gasteiger partial charge in [-0.25, -0.2) is 4.90 Å². The maximum absolute atomic E-state index is 11.4. The minimum Gasteiger partial charge on any atom is -0.274 e. The average molecular weight is 400 g/mol. The first-order valence-electron chi connectivity index (χ1n) is 11.4. The molecule has 0 aliphatic carbocycles. The quantitative estimate of drug-likeness (QED) is 0.242. The van der Waals surface area contributed by atoms with Crippen molar-refractivity contribution in [2.24, 2.45) is 0 Å². The van der Waals surface area contributed by atoms with Crippen LogP contribution < -0.4 is 0 Å². The minimum atomic E-state index is -0.337. The number of amides is 3. The van der Waals surface area contributed by atoms with Crippen LogP contribution in [-0.2, 0) is 14.4 Å². The Kier molecular flexibility index (Phi) is 36.9. The van der Waals surface area contributed by atoms with Gasteiger partial charge in [0.05, 0.1) is 0 Å². The molecule has 0 N–H and O–H groups in total. The molecule has 0 saturated carbocycles. The van der Waals surface area contributed by atoms with Gasteiger partial charge in [-0.05, 0) is 6.42 Å². The minimum absolute atomic E-state index is 0.193. The zero-order valence-electron chi connectivity index (χ0n) is 20.1.